The van der Waals surface area contributed by atoms with Gasteiger partial charge < -0.3 is 19.7 Å². The summed E-state index contributed by atoms with van der Waals surface area (Å²) in [6.45, 7) is 11.1. The molecule has 0 bridgehead atoms. The first-order chi connectivity index (χ1) is 20.2. The first kappa shape index (κ1) is 34.1. The molecule has 0 atom stereocenters. The Labute approximate surface area is 255 Å². The molecule has 12 heteroatoms. The third-order valence-electron chi connectivity index (χ3n) is 7.23. The van der Waals surface area contributed by atoms with Crippen LogP contribution >= 0.6 is 11.3 Å². The molecule has 1 aromatic heterocycles. The molecule has 0 aliphatic carbocycles. The number of amides is 2. The molecule has 1 aliphatic heterocycles. The minimum absolute atomic E-state index is 0.0379. The summed E-state index contributed by atoms with van der Waals surface area (Å²) in [5, 5.41) is 3.57. The topological polar surface area (TPSA) is 108 Å². The molecule has 0 spiro atoms. The van der Waals surface area contributed by atoms with Gasteiger partial charge in [-0.15, -0.1) is 11.3 Å². The Hall–Kier alpha value is -2.35. The van der Waals surface area contributed by atoms with Crippen molar-refractivity contribution in [1.82, 2.24) is 14.1 Å². The highest BCUT2D eigenvalue weighted by molar-refractivity contribution is 7.89. The van der Waals surface area contributed by atoms with Crippen molar-refractivity contribution in [1.29, 1.82) is 0 Å². The normalized spacial score (nSPS) is 13.8. The Morgan fingerprint density at radius 1 is 0.952 bits per heavy atom. The molecule has 10 nitrogen and oxygen atoms in total. The van der Waals surface area contributed by atoms with E-state index in [2.05, 4.69) is 31.0 Å². The first-order valence-electron chi connectivity index (χ1n) is 14.8. The quantitative estimate of drug-likeness (QED) is 0.280. The monoisotopic (exact) mass is 622 g/mol. The van der Waals surface area contributed by atoms with E-state index in [1.54, 1.807) is 0 Å². The van der Waals surface area contributed by atoms with Crippen LogP contribution in [0.25, 0.3) is 0 Å². The van der Waals surface area contributed by atoms with Crippen LogP contribution in [0.2, 0.25) is 0 Å². The Bertz CT molecular complexity index is 1270. The number of ether oxygens (including phenoxy) is 2. The van der Waals surface area contributed by atoms with E-state index in [0.29, 0.717) is 29.2 Å². The van der Waals surface area contributed by atoms with Crippen molar-refractivity contribution >= 4 is 38.2 Å². The van der Waals surface area contributed by atoms with Crippen molar-refractivity contribution in [3.63, 3.8) is 0 Å². The number of fused-ring (bicyclic) bond motifs is 1. The van der Waals surface area contributed by atoms with Gasteiger partial charge in [-0.3, -0.25) is 14.5 Å². The SMILES string of the molecule is CCCN1CCc2c(sc(NC(=O)c3ccc(S(=O)(=O)N(CCOC)CCOC)cc3)c2C(=O)N(CCC)CCC)C1. The highest BCUT2D eigenvalue weighted by Gasteiger charge is 2.31. The van der Waals surface area contributed by atoms with Gasteiger partial charge >= 0.3 is 0 Å². The zero-order chi connectivity index (χ0) is 30.7. The molecule has 1 aliphatic rings. The number of carbonyl (C=O) groups excluding carboxylic acids is 2. The van der Waals surface area contributed by atoms with Crippen LogP contribution in [0, 0.1) is 0 Å². The summed E-state index contributed by atoms with van der Waals surface area (Å²) in [5.41, 5.74) is 1.96. The van der Waals surface area contributed by atoms with Crippen LogP contribution in [0.5, 0.6) is 0 Å². The Morgan fingerprint density at radius 2 is 1.57 bits per heavy atom. The number of methoxy groups -OCH3 is 2. The lowest BCUT2D eigenvalue weighted by molar-refractivity contribution is 0.0755. The number of hydrogen-bond donors (Lipinski definition) is 1. The first-order valence-corrected chi connectivity index (χ1v) is 17.0. The highest BCUT2D eigenvalue weighted by atomic mass is 32.2. The lowest BCUT2D eigenvalue weighted by Gasteiger charge is -2.27. The molecule has 1 N–H and O–H groups in total. The van der Waals surface area contributed by atoms with Gasteiger partial charge in [-0.25, -0.2) is 8.42 Å². The minimum atomic E-state index is -3.81. The summed E-state index contributed by atoms with van der Waals surface area (Å²) in [5.74, 6) is -0.422. The Balaban J connectivity index is 1.89. The van der Waals surface area contributed by atoms with Gasteiger partial charge in [0.15, 0.2) is 0 Å². The fourth-order valence-corrected chi connectivity index (χ4v) is 7.82. The molecule has 0 saturated heterocycles. The predicted molar refractivity (Wildman–Crippen MR) is 167 cm³/mol. The number of carbonyl (C=O) groups is 2. The maximum Gasteiger partial charge on any atom is 0.257 e. The zero-order valence-electron chi connectivity index (χ0n) is 25.6. The number of benzene rings is 1. The van der Waals surface area contributed by atoms with E-state index < -0.39 is 10.0 Å². The van der Waals surface area contributed by atoms with Crippen LogP contribution in [-0.2, 0) is 32.5 Å². The van der Waals surface area contributed by atoms with Crippen LogP contribution < -0.4 is 5.32 Å². The molecule has 2 aromatic rings. The third kappa shape index (κ3) is 8.39. The molecule has 2 heterocycles. The maximum atomic E-state index is 13.9. The van der Waals surface area contributed by atoms with Crippen molar-refractivity contribution in [2.45, 2.75) is 57.9 Å². The van der Waals surface area contributed by atoms with Crippen LogP contribution in [0.4, 0.5) is 5.00 Å². The van der Waals surface area contributed by atoms with Gasteiger partial charge in [0.25, 0.3) is 11.8 Å². The number of nitrogens with zero attached hydrogens (tertiary/aromatic N) is 3. The predicted octanol–water partition coefficient (Wildman–Crippen LogP) is 4.31. The summed E-state index contributed by atoms with van der Waals surface area (Å²) in [6.07, 6.45) is 3.53. The van der Waals surface area contributed by atoms with E-state index in [1.165, 1.54) is 54.1 Å². The van der Waals surface area contributed by atoms with Gasteiger partial charge in [-0.1, -0.05) is 20.8 Å². The second-order valence-electron chi connectivity index (χ2n) is 10.4. The van der Waals surface area contributed by atoms with Crippen molar-refractivity contribution in [2.24, 2.45) is 0 Å². The second kappa shape index (κ2) is 16.5. The van der Waals surface area contributed by atoms with Crippen molar-refractivity contribution < 1.29 is 27.5 Å². The average molecular weight is 623 g/mol. The number of rotatable bonds is 17. The van der Waals surface area contributed by atoms with E-state index in [4.69, 9.17) is 9.47 Å². The number of hydrogen-bond acceptors (Lipinski definition) is 8. The van der Waals surface area contributed by atoms with E-state index >= 15 is 0 Å². The Kier molecular flexibility index (Phi) is 13.4. The van der Waals surface area contributed by atoms with Gasteiger partial charge in [0, 0.05) is 63.9 Å². The second-order valence-corrected chi connectivity index (χ2v) is 13.4. The lowest BCUT2D eigenvalue weighted by atomic mass is 10.0. The smallest absolute Gasteiger partial charge is 0.257 e. The molecule has 2 amide bonds. The number of sulfonamides is 1. The van der Waals surface area contributed by atoms with Crippen molar-refractivity contribution in [3.8, 4) is 0 Å². The average Bonchev–Trinajstić information content (AvgIpc) is 3.33. The van der Waals surface area contributed by atoms with Crippen LogP contribution in [-0.4, -0.2) is 101 Å². The standard InChI is InChI=1S/C30H46N4O6S2/c1-6-14-32-17-13-25-26(22-32)41-29(27(25)30(36)33(15-7-2)16-8-3)31-28(35)23-9-11-24(12-10-23)42(37,38)34(18-20-39-4)19-21-40-5/h9-12H,6-8,13-22H2,1-5H3,(H,31,35). The van der Waals surface area contributed by atoms with Crippen LogP contribution in [0.15, 0.2) is 29.2 Å². The van der Waals surface area contributed by atoms with E-state index in [0.717, 1.165) is 55.8 Å². The van der Waals surface area contributed by atoms with Crippen LogP contribution in [0.1, 0.15) is 71.2 Å². The summed E-state index contributed by atoms with van der Waals surface area (Å²) < 4.78 is 38.0. The number of thiophene rings is 1. The summed E-state index contributed by atoms with van der Waals surface area (Å²) in [7, 11) is -0.773. The van der Waals surface area contributed by atoms with Crippen LogP contribution in [0.3, 0.4) is 0 Å². The summed E-state index contributed by atoms with van der Waals surface area (Å²) in [4.78, 5) is 32.8. The molecule has 42 heavy (non-hydrogen) atoms. The fourth-order valence-electron chi connectivity index (χ4n) is 5.13. The van der Waals surface area contributed by atoms with Gasteiger partial charge in [-0.05, 0) is 62.1 Å². The zero-order valence-corrected chi connectivity index (χ0v) is 27.2. The van der Waals surface area contributed by atoms with E-state index in [9.17, 15) is 18.0 Å². The van der Waals surface area contributed by atoms with E-state index in [-0.39, 0.29) is 43.0 Å². The number of anilines is 1. The van der Waals surface area contributed by atoms with E-state index in [1.807, 2.05) is 4.90 Å². The maximum absolute atomic E-state index is 13.9. The summed E-state index contributed by atoms with van der Waals surface area (Å²) >= 11 is 1.48. The fraction of sp³-hybridized carbons (Fsp3) is 0.600. The minimum Gasteiger partial charge on any atom is -0.383 e. The van der Waals surface area contributed by atoms with Gasteiger partial charge in [0.1, 0.15) is 5.00 Å². The molecule has 0 saturated carbocycles. The molecular formula is C30H46N4O6S2. The molecule has 234 valence electrons. The molecule has 0 radical (unpaired) electrons. The molecule has 0 fully saturated rings. The molecule has 0 unspecified atom stereocenters. The van der Waals surface area contributed by atoms with Gasteiger partial charge in [0.2, 0.25) is 10.0 Å². The number of nitrogens with one attached hydrogen (secondary N) is 1. The third-order valence-corrected chi connectivity index (χ3v) is 10.3. The highest BCUT2D eigenvalue weighted by Crippen LogP contribution is 2.38. The van der Waals surface area contributed by atoms with Crippen molar-refractivity contribution in [3.05, 3.63) is 45.8 Å². The molecular weight excluding hydrogens is 576 g/mol. The largest absolute Gasteiger partial charge is 0.383 e. The molecule has 1 aromatic carbocycles. The summed E-state index contributed by atoms with van der Waals surface area (Å²) in [6, 6.07) is 5.89. The van der Waals surface area contributed by atoms with Gasteiger partial charge in [0.05, 0.1) is 23.7 Å². The van der Waals surface area contributed by atoms with Crippen molar-refractivity contribution in [2.75, 3.05) is 72.0 Å². The Morgan fingerprint density at radius 3 is 2.12 bits per heavy atom. The van der Waals surface area contributed by atoms with Gasteiger partial charge in [-0.2, -0.15) is 4.31 Å². The lowest BCUT2D eigenvalue weighted by Crippen LogP contribution is -2.36. The molecule has 3 rings (SSSR count).